The topological polar surface area (TPSA) is 46.3 Å². The summed E-state index contributed by atoms with van der Waals surface area (Å²) in [5.74, 6) is 0.746. The first-order valence-electron chi connectivity index (χ1n) is 6.84. The van der Waals surface area contributed by atoms with Gasteiger partial charge < -0.3 is 10.6 Å². The van der Waals surface area contributed by atoms with Crippen molar-refractivity contribution in [2.24, 2.45) is 5.73 Å². The lowest BCUT2D eigenvalue weighted by Crippen LogP contribution is -2.31. The van der Waals surface area contributed by atoms with Gasteiger partial charge in [-0.1, -0.05) is 12.1 Å². The van der Waals surface area contributed by atoms with Crippen molar-refractivity contribution in [1.82, 2.24) is 4.90 Å². The van der Waals surface area contributed by atoms with Crippen LogP contribution in [0.2, 0.25) is 0 Å². The quantitative estimate of drug-likeness (QED) is 0.867. The van der Waals surface area contributed by atoms with E-state index in [0.29, 0.717) is 12.5 Å². The van der Waals surface area contributed by atoms with Gasteiger partial charge in [0, 0.05) is 25.2 Å². The summed E-state index contributed by atoms with van der Waals surface area (Å²) in [4.78, 5) is 14.3. The molecule has 2 N–H and O–H groups in total. The van der Waals surface area contributed by atoms with Gasteiger partial charge in [-0.05, 0) is 49.8 Å². The predicted molar refractivity (Wildman–Crippen MR) is 73.6 cm³/mol. The Kier molecular flexibility index (Phi) is 4.02. The molecule has 98 valence electrons. The molecule has 0 unspecified atom stereocenters. The second kappa shape index (κ2) is 5.53. The maximum atomic E-state index is 12.5. The molecule has 0 saturated heterocycles. The SMILES string of the molecule is CCN(CC)C(=O)c1cccc(C2CC2)c1CN. The Morgan fingerprint density at radius 3 is 2.50 bits per heavy atom. The number of benzene rings is 1. The molecule has 0 aliphatic heterocycles. The molecule has 0 aromatic heterocycles. The summed E-state index contributed by atoms with van der Waals surface area (Å²) in [5.41, 5.74) is 9.00. The molecular weight excluding hydrogens is 224 g/mol. The van der Waals surface area contributed by atoms with Crippen LogP contribution in [0, 0.1) is 0 Å². The molecule has 1 saturated carbocycles. The highest BCUT2D eigenvalue weighted by molar-refractivity contribution is 5.96. The predicted octanol–water partition coefficient (Wildman–Crippen LogP) is 2.50. The van der Waals surface area contributed by atoms with Crippen molar-refractivity contribution in [3.63, 3.8) is 0 Å². The zero-order valence-electron chi connectivity index (χ0n) is 11.3. The van der Waals surface area contributed by atoms with Crippen molar-refractivity contribution in [2.75, 3.05) is 13.1 Å². The van der Waals surface area contributed by atoms with Gasteiger partial charge in [0.05, 0.1) is 0 Å². The van der Waals surface area contributed by atoms with Gasteiger partial charge in [0.2, 0.25) is 0 Å². The van der Waals surface area contributed by atoms with Crippen molar-refractivity contribution in [3.8, 4) is 0 Å². The molecule has 0 spiro atoms. The molecule has 1 aromatic carbocycles. The highest BCUT2D eigenvalue weighted by Gasteiger charge is 2.28. The largest absolute Gasteiger partial charge is 0.339 e. The molecule has 1 aliphatic carbocycles. The molecular formula is C15H22N2O. The Morgan fingerprint density at radius 2 is 2.00 bits per heavy atom. The Bertz CT molecular complexity index is 434. The van der Waals surface area contributed by atoms with Crippen LogP contribution < -0.4 is 5.73 Å². The van der Waals surface area contributed by atoms with Crippen molar-refractivity contribution in [2.45, 2.75) is 39.2 Å². The number of amides is 1. The lowest BCUT2D eigenvalue weighted by Gasteiger charge is -2.21. The summed E-state index contributed by atoms with van der Waals surface area (Å²) in [6.45, 7) is 5.96. The Balaban J connectivity index is 2.37. The van der Waals surface area contributed by atoms with Crippen LogP contribution in [0.15, 0.2) is 18.2 Å². The van der Waals surface area contributed by atoms with Crippen molar-refractivity contribution >= 4 is 5.91 Å². The van der Waals surface area contributed by atoms with Crippen LogP contribution in [-0.4, -0.2) is 23.9 Å². The fourth-order valence-electron chi connectivity index (χ4n) is 2.49. The Hall–Kier alpha value is -1.35. The maximum absolute atomic E-state index is 12.5. The van der Waals surface area contributed by atoms with Crippen molar-refractivity contribution in [3.05, 3.63) is 34.9 Å². The van der Waals surface area contributed by atoms with E-state index < -0.39 is 0 Å². The van der Waals surface area contributed by atoms with Gasteiger partial charge in [0.15, 0.2) is 0 Å². The van der Waals surface area contributed by atoms with Crippen LogP contribution in [0.5, 0.6) is 0 Å². The van der Waals surface area contributed by atoms with E-state index in [9.17, 15) is 4.79 Å². The minimum absolute atomic E-state index is 0.114. The van der Waals surface area contributed by atoms with E-state index in [-0.39, 0.29) is 5.91 Å². The molecule has 0 radical (unpaired) electrons. The second-order valence-corrected chi connectivity index (χ2v) is 4.83. The fraction of sp³-hybridized carbons (Fsp3) is 0.533. The molecule has 1 aliphatic rings. The molecule has 1 aromatic rings. The third-order valence-electron chi connectivity index (χ3n) is 3.71. The highest BCUT2D eigenvalue weighted by Crippen LogP contribution is 2.42. The zero-order chi connectivity index (χ0) is 13.1. The van der Waals surface area contributed by atoms with Crippen LogP contribution in [0.25, 0.3) is 0 Å². The van der Waals surface area contributed by atoms with E-state index in [1.165, 1.54) is 18.4 Å². The summed E-state index contributed by atoms with van der Waals surface area (Å²) < 4.78 is 0. The molecule has 1 amide bonds. The van der Waals surface area contributed by atoms with Crippen LogP contribution in [0.1, 0.15) is 54.1 Å². The van der Waals surface area contributed by atoms with Crippen molar-refractivity contribution in [1.29, 1.82) is 0 Å². The van der Waals surface area contributed by atoms with Crippen LogP contribution in [0.4, 0.5) is 0 Å². The average Bonchev–Trinajstić information content (AvgIpc) is 3.23. The molecule has 3 heteroatoms. The van der Waals surface area contributed by atoms with Gasteiger partial charge >= 0.3 is 0 Å². The monoisotopic (exact) mass is 246 g/mol. The van der Waals surface area contributed by atoms with Gasteiger partial charge in [0.1, 0.15) is 0 Å². The van der Waals surface area contributed by atoms with Gasteiger partial charge in [-0.25, -0.2) is 0 Å². The molecule has 18 heavy (non-hydrogen) atoms. The highest BCUT2D eigenvalue weighted by atomic mass is 16.2. The first-order chi connectivity index (χ1) is 8.72. The second-order valence-electron chi connectivity index (χ2n) is 4.83. The van der Waals surface area contributed by atoms with Gasteiger partial charge in [0.25, 0.3) is 5.91 Å². The van der Waals surface area contributed by atoms with Crippen LogP contribution in [-0.2, 0) is 6.54 Å². The van der Waals surface area contributed by atoms with Crippen molar-refractivity contribution < 1.29 is 4.79 Å². The molecule has 0 heterocycles. The number of rotatable bonds is 5. The summed E-state index contributed by atoms with van der Waals surface area (Å²) in [5, 5.41) is 0. The number of nitrogens with zero attached hydrogens (tertiary/aromatic N) is 1. The zero-order valence-corrected chi connectivity index (χ0v) is 11.3. The van der Waals surface area contributed by atoms with E-state index in [1.54, 1.807) is 0 Å². The smallest absolute Gasteiger partial charge is 0.254 e. The summed E-state index contributed by atoms with van der Waals surface area (Å²) in [6, 6.07) is 6.02. The third-order valence-corrected chi connectivity index (χ3v) is 3.71. The van der Waals surface area contributed by atoms with E-state index in [0.717, 1.165) is 24.2 Å². The first-order valence-corrected chi connectivity index (χ1v) is 6.84. The average molecular weight is 246 g/mol. The van der Waals surface area contributed by atoms with E-state index in [4.69, 9.17) is 5.73 Å². The fourth-order valence-corrected chi connectivity index (χ4v) is 2.49. The minimum Gasteiger partial charge on any atom is -0.339 e. The van der Waals surface area contributed by atoms with Gasteiger partial charge in [-0.15, -0.1) is 0 Å². The lowest BCUT2D eigenvalue weighted by molar-refractivity contribution is 0.0771. The number of carbonyl (C=O) groups excluding carboxylic acids is 1. The number of nitrogens with two attached hydrogens (primary N) is 1. The molecule has 1 fully saturated rings. The normalized spacial score (nSPS) is 14.6. The minimum atomic E-state index is 0.114. The Labute approximate surface area is 109 Å². The van der Waals surface area contributed by atoms with Gasteiger partial charge in [-0.3, -0.25) is 4.79 Å². The van der Waals surface area contributed by atoms with Crippen LogP contribution in [0.3, 0.4) is 0 Å². The number of hydrogen-bond donors (Lipinski definition) is 1. The number of hydrogen-bond acceptors (Lipinski definition) is 2. The molecule has 0 bridgehead atoms. The Morgan fingerprint density at radius 1 is 1.33 bits per heavy atom. The van der Waals surface area contributed by atoms with Gasteiger partial charge in [-0.2, -0.15) is 0 Å². The summed E-state index contributed by atoms with van der Waals surface area (Å²) in [7, 11) is 0. The third kappa shape index (κ3) is 2.41. The summed E-state index contributed by atoms with van der Waals surface area (Å²) in [6.07, 6.45) is 2.46. The maximum Gasteiger partial charge on any atom is 0.254 e. The van der Waals surface area contributed by atoms with E-state index in [1.807, 2.05) is 30.9 Å². The molecule has 0 atom stereocenters. The molecule has 3 nitrogen and oxygen atoms in total. The van der Waals surface area contributed by atoms with E-state index >= 15 is 0 Å². The van der Waals surface area contributed by atoms with E-state index in [2.05, 4.69) is 6.07 Å². The first kappa shape index (κ1) is 13.1. The lowest BCUT2D eigenvalue weighted by atomic mass is 9.97. The standard InChI is InChI=1S/C15H22N2O/c1-3-17(4-2)15(18)13-7-5-6-12(11-8-9-11)14(13)10-16/h5-7,11H,3-4,8-10,16H2,1-2H3. The molecule has 2 rings (SSSR count). The van der Waals surface area contributed by atoms with Crippen LogP contribution >= 0.6 is 0 Å². The number of carbonyl (C=O) groups is 1. The summed E-state index contributed by atoms with van der Waals surface area (Å²) >= 11 is 0.